The Bertz CT molecular complexity index is 627. The fourth-order valence-corrected chi connectivity index (χ4v) is 2.14. The van der Waals surface area contributed by atoms with E-state index in [0.29, 0.717) is 0 Å². The van der Waals surface area contributed by atoms with Crippen molar-refractivity contribution in [2.24, 2.45) is 0 Å². The molecule has 0 atom stereocenters. The van der Waals surface area contributed by atoms with Crippen LogP contribution >= 0.6 is 0 Å². The van der Waals surface area contributed by atoms with Crippen molar-refractivity contribution in [3.8, 4) is 11.3 Å². The Labute approximate surface area is 113 Å². The predicted molar refractivity (Wildman–Crippen MR) is 79.4 cm³/mol. The van der Waals surface area contributed by atoms with Gasteiger partial charge in [0, 0.05) is 11.8 Å². The zero-order valence-electron chi connectivity index (χ0n) is 10.7. The lowest BCUT2D eigenvalue weighted by Gasteiger charge is -2.12. The van der Waals surface area contributed by atoms with E-state index in [0.717, 1.165) is 6.54 Å². The minimum Gasteiger partial charge on any atom is -0.321 e. The lowest BCUT2D eigenvalue weighted by atomic mass is 10.2. The van der Waals surface area contributed by atoms with Gasteiger partial charge in [-0.15, -0.1) is 0 Å². The SMILES string of the molecule is c1ccc(CNn2cccc2-c2ccccc2)cc1. The quantitative estimate of drug-likeness (QED) is 0.741. The van der Waals surface area contributed by atoms with Gasteiger partial charge in [0.15, 0.2) is 0 Å². The number of rotatable bonds is 4. The maximum atomic E-state index is 3.42. The van der Waals surface area contributed by atoms with E-state index in [9.17, 15) is 0 Å². The smallest absolute Gasteiger partial charge is 0.0692 e. The largest absolute Gasteiger partial charge is 0.321 e. The monoisotopic (exact) mass is 248 g/mol. The molecule has 0 radical (unpaired) electrons. The molecule has 19 heavy (non-hydrogen) atoms. The third-order valence-corrected chi connectivity index (χ3v) is 3.11. The molecule has 94 valence electrons. The summed E-state index contributed by atoms with van der Waals surface area (Å²) in [7, 11) is 0. The van der Waals surface area contributed by atoms with E-state index >= 15 is 0 Å². The van der Waals surface area contributed by atoms with Gasteiger partial charge in [0.1, 0.15) is 0 Å². The Morgan fingerprint density at radius 2 is 1.42 bits per heavy atom. The first-order valence-corrected chi connectivity index (χ1v) is 6.44. The van der Waals surface area contributed by atoms with E-state index in [1.807, 2.05) is 18.3 Å². The molecular formula is C17H16N2. The molecule has 2 nitrogen and oxygen atoms in total. The minimum atomic E-state index is 0.815. The first kappa shape index (κ1) is 11.6. The average molecular weight is 248 g/mol. The topological polar surface area (TPSA) is 17.0 Å². The summed E-state index contributed by atoms with van der Waals surface area (Å²) in [5.74, 6) is 0. The second kappa shape index (κ2) is 5.44. The summed E-state index contributed by atoms with van der Waals surface area (Å²) in [5.41, 5.74) is 7.09. The summed E-state index contributed by atoms with van der Waals surface area (Å²) in [6.45, 7) is 0.815. The molecule has 0 saturated carbocycles. The molecule has 3 rings (SSSR count). The highest BCUT2D eigenvalue weighted by molar-refractivity contribution is 5.60. The number of hydrogen-bond donors (Lipinski definition) is 1. The molecule has 1 aromatic heterocycles. The van der Waals surface area contributed by atoms with Crippen LogP contribution in [0.4, 0.5) is 0 Å². The van der Waals surface area contributed by atoms with Gasteiger partial charge in [0.2, 0.25) is 0 Å². The van der Waals surface area contributed by atoms with E-state index in [1.165, 1.54) is 16.8 Å². The first-order chi connectivity index (χ1) is 9.43. The van der Waals surface area contributed by atoms with Gasteiger partial charge in [-0.25, -0.2) is 0 Å². The van der Waals surface area contributed by atoms with Crippen LogP contribution < -0.4 is 5.43 Å². The van der Waals surface area contributed by atoms with E-state index in [1.54, 1.807) is 0 Å². The minimum absolute atomic E-state index is 0.815. The van der Waals surface area contributed by atoms with E-state index in [2.05, 4.69) is 70.8 Å². The number of hydrogen-bond acceptors (Lipinski definition) is 1. The Morgan fingerprint density at radius 3 is 2.16 bits per heavy atom. The summed E-state index contributed by atoms with van der Waals surface area (Å²) >= 11 is 0. The Morgan fingerprint density at radius 1 is 0.737 bits per heavy atom. The molecular weight excluding hydrogens is 232 g/mol. The second-order valence-electron chi connectivity index (χ2n) is 4.45. The van der Waals surface area contributed by atoms with Crippen molar-refractivity contribution >= 4 is 0 Å². The van der Waals surface area contributed by atoms with Crippen molar-refractivity contribution in [2.45, 2.75) is 6.54 Å². The molecule has 0 aliphatic carbocycles. The zero-order chi connectivity index (χ0) is 12.9. The summed E-state index contributed by atoms with van der Waals surface area (Å²) in [4.78, 5) is 0. The molecule has 2 aromatic carbocycles. The Balaban J connectivity index is 1.78. The summed E-state index contributed by atoms with van der Waals surface area (Å²) in [5, 5.41) is 0. The van der Waals surface area contributed by atoms with Gasteiger partial charge in [-0.05, 0) is 17.7 Å². The molecule has 0 saturated heterocycles. The molecule has 0 aliphatic heterocycles. The number of nitrogens with one attached hydrogen (secondary N) is 1. The van der Waals surface area contributed by atoms with Crippen LogP contribution in [0.5, 0.6) is 0 Å². The molecule has 0 amide bonds. The Hall–Kier alpha value is -2.48. The van der Waals surface area contributed by atoms with Crippen LogP contribution in [0.25, 0.3) is 11.3 Å². The standard InChI is InChI=1S/C17H16N2/c1-3-8-15(9-4-1)14-18-19-13-7-12-17(19)16-10-5-2-6-11-16/h1-13,18H,14H2. The van der Waals surface area contributed by atoms with Crippen LogP contribution in [-0.2, 0) is 6.54 Å². The summed E-state index contributed by atoms with van der Waals surface area (Å²) in [6, 6.07) is 25.0. The molecule has 0 unspecified atom stereocenters. The van der Waals surface area contributed by atoms with Crippen molar-refractivity contribution in [2.75, 3.05) is 5.43 Å². The molecule has 0 aliphatic rings. The number of aromatic nitrogens is 1. The maximum Gasteiger partial charge on any atom is 0.0692 e. The van der Waals surface area contributed by atoms with Crippen molar-refractivity contribution in [3.05, 3.63) is 84.6 Å². The van der Waals surface area contributed by atoms with E-state index in [-0.39, 0.29) is 0 Å². The lowest BCUT2D eigenvalue weighted by molar-refractivity contribution is 0.854. The van der Waals surface area contributed by atoms with Gasteiger partial charge < -0.3 is 5.43 Å². The number of nitrogens with zero attached hydrogens (tertiary/aromatic N) is 1. The van der Waals surface area contributed by atoms with Gasteiger partial charge in [0.05, 0.1) is 12.2 Å². The van der Waals surface area contributed by atoms with Gasteiger partial charge in [-0.2, -0.15) is 0 Å². The van der Waals surface area contributed by atoms with Crippen LogP contribution in [0, 0.1) is 0 Å². The molecule has 0 fully saturated rings. The maximum absolute atomic E-state index is 3.42. The predicted octanol–water partition coefficient (Wildman–Crippen LogP) is 3.90. The zero-order valence-corrected chi connectivity index (χ0v) is 10.7. The molecule has 3 aromatic rings. The Kier molecular flexibility index (Phi) is 3.32. The van der Waals surface area contributed by atoms with E-state index in [4.69, 9.17) is 0 Å². The van der Waals surface area contributed by atoms with Crippen molar-refractivity contribution in [3.63, 3.8) is 0 Å². The van der Waals surface area contributed by atoms with Gasteiger partial charge >= 0.3 is 0 Å². The van der Waals surface area contributed by atoms with Crippen molar-refractivity contribution in [1.82, 2.24) is 4.68 Å². The highest BCUT2D eigenvalue weighted by atomic mass is 15.4. The van der Waals surface area contributed by atoms with Crippen LogP contribution in [0.3, 0.4) is 0 Å². The molecule has 0 spiro atoms. The molecule has 0 bridgehead atoms. The average Bonchev–Trinajstić information content (AvgIpc) is 2.95. The molecule has 2 heteroatoms. The third kappa shape index (κ3) is 2.68. The van der Waals surface area contributed by atoms with Crippen LogP contribution in [0.2, 0.25) is 0 Å². The van der Waals surface area contributed by atoms with Crippen molar-refractivity contribution < 1.29 is 0 Å². The summed E-state index contributed by atoms with van der Waals surface area (Å²) in [6.07, 6.45) is 2.05. The molecule has 1 N–H and O–H groups in total. The van der Waals surface area contributed by atoms with Crippen LogP contribution in [0.1, 0.15) is 5.56 Å². The van der Waals surface area contributed by atoms with Crippen LogP contribution in [0.15, 0.2) is 79.0 Å². The first-order valence-electron chi connectivity index (χ1n) is 6.44. The van der Waals surface area contributed by atoms with E-state index < -0.39 is 0 Å². The fraction of sp³-hybridized carbons (Fsp3) is 0.0588. The fourth-order valence-electron chi connectivity index (χ4n) is 2.14. The molecule has 1 heterocycles. The van der Waals surface area contributed by atoms with Crippen LogP contribution in [-0.4, -0.2) is 4.68 Å². The lowest BCUT2D eigenvalue weighted by Crippen LogP contribution is -2.14. The summed E-state index contributed by atoms with van der Waals surface area (Å²) < 4.78 is 2.07. The normalized spacial score (nSPS) is 10.3. The number of benzene rings is 2. The highest BCUT2D eigenvalue weighted by Crippen LogP contribution is 2.18. The van der Waals surface area contributed by atoms with Gasteiger partial charge in [-0.3, -0.25) is 4.68 Å². The van der Waals surface area contributed by atoms with Gasteiger partial charge in [-0.1, -0.05) is 60.7 Å². The van der Waals surface area contributed by atoms with Gasteiger partial charge in [0.25, 0.3) is 0 Å². The van der Waals surface area contributed by atoms with Crippen molar-refractivity contribution in [1.29, 1.82) is 0 Å². The second-order valence-corrected chi connectivity index (χ2v) is 4.45. The highest BCUT2D eigenvalue weighted by Gasteiger charge is 2.02. The third-order valence-electron chi connectivity index (χ3n) is 3.11.